The SMILES string of the molecule is CCCc1nc(C)c2c(=O)[nH]c(-c3cc(-c4csc(Nc5cccc(C(F)(F)F)c5)n4)ccc3OCC)nn12. The molecule has 0 amide bonds. The summed E-state index contributed by atoms with van der Waals surface area (Å²) in [7, 11) is 0. The number of nitrogens with one attached hydrogen (secondary N) is 2. The van der Waals surface area contributed by atoms with Gasteiger partial charge in [0.15, 0.2) is 16.5 Å². The van der Waals surface area contributed by atoms with Crippen LogP contribution in [0.15, 0.2) is 52.6 Å². The molecule has 3 aromatic heterocycles. The third kappa shape index (κ3) is 5.37. The Morgan fingerprint density at radius 2 is 1.95 bits per heavy atom. The van der Waals surface area contributed by atoms with Crippen LogP contribution < -0.4 is 15.6 Å². The van der Waals surface area contributed by atoms with E-state index in [0.717, 1.165) is 24.1 Å². The fraction of sp³-hybridized carbons (Fsp3) is 0.259. The van der Waals surface area contributed by atoms with Gasteiger partial charge in [0.1, 0.15) is 11.6 Å². The topological polar surface area (TPSA) is 97.2 Å². The predicted octanol–water partition coefficient (Wildman–Crippen LogP) is 6.63. The lowest BCUT2D eigenvalue weighted by molar-refractivity contribution is -0.137. The summed E-state index contributed by atoms with van der Waals surface area (Å²) in [4.78, 5) is 25.0. The summed E-state index contributed by atoms with van der Waals surface area (Å²) in [6.07, 6.45) is -2.92. The van der Waals surface area contributed by atoms with Gasteiger partial charge in [0, 0.05) is 23.1 Å². The molecule has 3 heterocycles. The van der Waals surface area contributed by atoms with Crippen LogP contribution in [0.2, 0.25) is 0 Å². The zero-order chi connectivity index (χ0) is 27.7. The molecule has 0 fully saturated rings. The van der Waals surface area contributed by atoms with E-state index in [1.165, 1.54) is 17.4 Å². The lowest BCUT2D eigenvalue weighted by atomic mass is 10.1. The molecule has 0 radical (unpaired) electrons. The minimum Gasteiger partial charge on any atom is -0.493 e. The summed E-state index contributed by atoms with van der Waals surface area (Å²) in [5.41, 5.74) is 2.15. The van der Waals surface area contributed by atoms with E-state index in [1.807, 2.05) is 26.0 Å². The van der Waals surface area contributed by atoms with Gasteiger partial charge in [-0.3, -0.25) is 4.79 Å². The second-order valence-electron chi connectivity index (χ2n) is 8.81. The number of imidazole rings is 1. The van der Waals surface area contributed by atoms with E-state index in [4.69, 9.17) is 9.84 Å². The molecule has 12 heteroatoms. The highest BCUT2D eigenvalue weighted by atomic mass is 32.1. The number of halogens is 3. The standard InChI is InChI=1S/C27H25F3N6O2S/c1-4-7-22-31-15(3)23-25(37)34-24(35-36(22)23)19-12-16(10-11-21(19)38-5-2)20-14-39-26(33-20)32-18-9-6-8-17(13-18)27(28,29)30/h6,8-14H,4-5,7H2,1-3H3,(H,32,33)(H,34,35,37). The van der Waals surface area contributed by atoms with Gasteiger partial charge in [0.25, 0.3) is 5.56 Å². The summed E-state index contributed by atoms with van der Waals surface area (Å²) in [6, 6.07) is 10.4. The first kappa shape index (κ1) is 26.4. The zero-order valence-electron chi connectivity index (χ0n) is 21.4. The lowest BCUT2D eigenvalue weighted by Gasteiger charge is -2.12. The maximum Gasteiger partial charge on any atom is 0.416 e. The number of hydrogen-bond donors (Lipinski definition) is 2. The van der Waals surface area contributed by atoms with Gasteiger partial charge in [-0.1, -0.05) is 13.0 Å². The zero-order valence-corrected chi connectivity index (χ0v) is 22.2. The number of alkyl halides is 3. The van der Waals surface area contributed by atoms with Gasteiger partial charge in [0.2, 0.25) is 0 Å². The van der Waals surface area contributed by atoms with Gasteiger partial charge in [0.05, 0.1) is 29.1 Å². The fourth-order valence-corrected chi connectivity index (χ4v) is 5.00. The van der Waals surface area contributed by atoms with Crippen LogP contribution in [0.25, 0.3) is 28.2 Å². The molecule has 39 heavy (non-hydrogen) atoms. The van der Waals surface area contributed by atoms with Crippen molar-refractivity contribution >= 4 is 27.7 Å². The van der Waals surface area contributed by atoms with Crippen LogP contribution in [0.5, 0.6) is 5.75 Å². The van der Waals surface area contributed by atoms with E-state index < -0.39 is 11.7 Å². The van der Waals surface area contributed by atoms with Crippen LogP contribution in [-0.4, -0.2) is 31.2 Å². The van der Waals surface area contributed by atoms with E-state index in [2.05, 4.69) is 20.3 Å². The Labute approximate surface area is 225 Å². The van der Waals surface area contributed by atoms with Crippen LogP contribution in [-0.2, 0) is 12.6 Å². The number of aryl methyl sites for hydroxylation is 2. The number of H-pyrrole nitrogens is 1. The maximum absolute atomic E-state index is 13.1. The summed E-state index contributed by atoms with van der Waals surface area (Å²) in [5.74, 6) is 1.57. The molecule has 0 aliphatic heterocycles. The number of ether oxygens (including phenoxy) is 1. The predicted molar refractivity (Wildman–Crippen MR) is 145 cm³/mol. The third-order valence-electron chi connectivity index (χ3n) is 5.99. The number of nitrogens with zero attached hydrogens (tertiary/aromatic N) is 4. The molecule has 0 aliphatic carbocycles. The Kier molecular flexibility index (Phi) is 7.13. The van der Waals surface area contributed by atoms with Gasteiger partial charge < -0.3 is 15.0 Å². The van der Waals surface area contributed by atoms with Crippen molar-refractivity contribution in [3.63, 3.8) is 0 Å². The van der Waals surface area contributed by atoms with Crippen molar-refractivity contribution in [3.8, 4) is 28.4 Å². The Hall–Kier alpha value is -4.19. The highest BCUT2D eigenvalue weighted by Gasteiger charge is 2.30. The number of hydrogen-bond acceptors (Lipinski definition) is 7. The highest BCUT2D eigenvalue weighted by Crippen LogP contribution is 2.35. The average molecular weight is 555 g/mol. The summed E-state index contributed by atoms with van der Waals surface area (Å²) in [5, 5.41) is 9.89. The molecule has 0 spiro atoms. The first-order chi connectivity index (χ1) is 18.7. The fourth-order valence-electron chi connectivity index (χ4n) is 4.26. The molecule has 0 bridgehead atoms. The van der Waals surface area contributed by atoms with Crippen molar-refractivity contribution in [2.75, 3.05) is 11.9 Å². The molecule has 0 atom stereocenters. The molecule has 2 N–H and O–H groups in total. The number of fused-ring (bicyclic) bond motifs is 1. The monoisotopic (exact) mass is 554 g/mol. The van der Waals surface area contributed by atoms with Crippen molar-refractivity contribution < 1.29 is 17.9 Å². The smallest absolute Gasteiger partial charge is 0.416 e. The van der Waals surface area contributed by atoms with Crippen LogP contribution in [0.4, 0.5) is 24.0 Å². The van der Waals surface area contributed by atoms with Crippen molar-refractivity contribution in [2.45, 2.75) is 39.8 Å². The van der Waals surface area contributed by atoms with Crippen LogP contribution in [0.3, 0.4) is 0 Å². The lowest BCUT2D eigenvalue weighted by Crippen LogP contribution is -2.16. The van der Waals surface area contributed by atoms with Gasteiger partial charge in [-0.15, -0.1) is 16.4 Å². The Bertz CT molecular complexity index is 1710. The van der Waals surface area contributed by atoms with E-state index in [9.17, 15) is 18.0 Å². The van der Waals surface area contributed by atoms with Crippen LogP contribution in [0.1, 0.15) is 37.4 Å². The van der Waals surface area contributed by atoms with Crippen molar-refractivity contribution in [1.29, 1.82) is 0 Å². The van der Waals surface area contributed by atoms with Gasteiger partial charge in [-0.05, 0) is 56.7 Å². The molecule has 5 rings (SSSR count). The van der Waals surface area contributed by atoms with Crippen molar-refractivity contribution in [1.82, 2.24) is 24.6 Å². The van der Waals surface area contributed by atoms with Crippen LogP contribution >= 0.6 is 11.3 Å². The van der Waals surface area contributed by atoms with Gasteiger partial charge in [-0.2, -0.15) is 13.2 Å². The number of anilines is 2. The molecule has 8 nitrogen and oxygen atoms in total. The second-order valence-corrected chi connectivity index (χ2v) is 9.67. The van der Waals surface area contributed by atoms with E-state index >= 15 is 0 Å². The number of benzene rings is 2. The van der Waals surface area contributed by atoms with Gasteiger partial charge >= 0.3 is 6.18 Å². The molecule has 202 valence electrons. The number of aromatic nitrogens is 5. The largest absolute Gasteiger partial charge is 0.493 e. The van der Waals surface area contributed by atoms with E-state index in [1.54, 1.807) is 29.0 Å². The van der Waals surface area contributed by atoms with Crippen molar-refractivity contribution in [2.24, 2.45) is 0 Å². The van der Waals surface area contributed by atoms with E-state index in [0.29, 0.717) is 58.0 Å². The minimum absolute atomic E-state index is 0.284. The van der Waals surface area contributed by atoms with E-state index in [-0.39, 0.29) is 11.2 Å². The average Bonchev–Trinajstić information content (AvgIpc) is 3.49. The Morgan fingerprint density at radius 1 is 1.13 bits per heavy atom. The van der Waals surface area contributed by atoms with Crippen LogP contribution in [0, 0.1) is 6.92 Å². The number of rotatable bonds is 8. The number of aromatic amines is 1. The van der Waals surface area contributed by atoms with Crippen molar-refractivity contribution in [3.05, 3.63) is 75.3 Å². The molecule has 0 saturated carbocycles. The molecule has 5 aromatic rings. The Balaban J connectivity index is 1.52. The normalized spacial score (nSPS) is 11.7. The molecule has 0 saturated heterocycles. The first-order valence-electron chi connectivity index (χ1n) is 12.3. The first-order valence-corrected chi connectivity index (χ1v) is 13.2. The summed E-state index contributed by atoms with van der Waals surface area (Å²) < 4.78 is 46.7. The minimum atomic E-state index is -4.44. The third-order valence-corrected chi connectivity index (χ3v) is 6.75. The maximum atomic E-state index is 13.1. The molecule has 0 unspecified atom stereocenters. The number of thiazole rings is 1. The van der Waals surface area contributed by atoms with Gasteiger partial charge in [-0.25, -0.2) is 14.5 Å². The molecule has 0 aliphatic rings. The summed E-state index contributed by atoms with van der Waals surface area (Å²) in [6.45, 7) is 6.09. The molecular formula is C27H25F3N6O2S. The quantitative estimate of drug-likeness (QED) is 0.224. The summed E-state index contributed by atoms with van der Waals surface area (Å²) >= 11 is 1.26. The molecule has 2 aromatic carbocycles. The Morgan fingerprint density at radius 3 is 2.69 bits per heavy atom. The molecular weight excluding hydrogens is 529 g/mol. The second kappa shape index (κ2) is 10.5. The highest BCUT2D eigenvalue weighted by molar-refractivity contribution is 7.14.